The number of fused-ring (bicyclic) bond motifs is 1. The summed E-state index contributed by atoms with van der Waals surface area (Å²) >= 11 is 0. The van der Waals surface area contributed by atoms with Crippen molar-refractivity contribution in [1.82, 2.24) is 14.9 Å². The highest BCUT2D eigenvalue weighted by Gasteiger charge is 2.19. The smallest absolute Gasteiger partial charge is 0.224 e. The van der Waals surface area contributed by atoms with E-state index in [0.29, 0.717) is 18.1 Å². The summed E-state index contributed by atoms with van der Waals surface area (Å²) in [5.74, 6) is 2.96. The fraction of sp³-hybridized carbons (Fsp3) is 0.355. The van der Waals surface area contributed by atoms with E-state index in [9.17, 15) is 4.79 Å². The number of carbonyl (C=O) groups is 1. The Morgan fingerprint density at radius 1 is 0.947 bits per heavy atom. The van der Waals surface area contributed by atoms with Crippen LogP contribution in [0.4, 0.5) is 0 Å². The fourth-order valence-corrected chi connectivity index (χ4v) is 4.63. The van der Waals surface area contributed by atoms with Gasteiger partial charge in [0.05, 0.1) is 44.3 Å². The summed E-state index contributed by atoms with van der Waals surface area (Å²) in [4.78, 5) is 17.8. The molecule has 0 aliphatic heterocycles. The second-order valence-electron chi connectivity index (χ2n) is 9.52. The van der Waals surface area contributed by atoms with Gasteiger partial charge in [0.15, 0.2) is 11.5 Å². The number of rotatable bonds is 12. The predicted octanol–water partition coefficient (Wildman–Crippen LogP) is 5.95. The van der Waals surface area contributed by atoms with Gasteiger partial charge in [0.25, 0.3) is 0 Å². The minimum atomic E-state index is -0.249. The van der Waals surface area contributed by atoms with E-state index < -0.39 is 0 Å². The highest BCUT2D eigenvalue weighted by molar-refractivity contribution is 5.80. The Morgan fingerprint density at radius 3 is 2.53 bits per heavy atom. The highest BCUT2D eigenvalue weighted by atomic mass is 16.5. The summed E-state index contributed by atoms with van der Waals surface area (Å²) in [6, 6.07) is 19.5. The van der Waals surface area contributed by atoms with E-state index in [1.807, 2.05) is 55.5 Å². The van der Waals surface area contributed by atoms with Crippen molar-refractivity contribution in [3.8, 4) is 17.2 Å². The monoisotopic (exact) mass is 515 g/mol. The van der Waals surface area contributed by atoms with Crippen LogP contribution in [0.15, 0.2) is 60.7 Å². The molecule has 200 valence electrons. The number of hydrogen-bond acceptors (Lipinski definition) is 5. The summed E-state index contributed by atoms with van der Waals surface area (Å²) < 4.78 is 18.9. The Hall–Kier alpha value is -4.00. The Labute approximate surface area is 224 Å². The van der Waals surface area contributed by atoms with Crippen molar-refractivity contribution in [2.75, 3.05) is 20.8 Å². The molecule has 1 aromatic heterocycles. The van der Waals surface area contributed by atoms with Crippen molar-refractivity contribution >= 4 is 16.9 Å². The molecule has 0 fully saturated rings. The number of imidazole rings is 1. The zero-order valence-corrected chi connectivity index (χ0v) is 22.9. The number of carbonyl (C=O) groups excluding carboxylic acids is 1. The fourth-order valence-electron chi connectivity index (χ4n) is 4.63. The van der Waals surface area contributed by atoms with E-state index in [1.54, 1.807) is 14.2 Å². The van der Waals surface area contributed by atoms with E-state index in [0.717, 1.165) is 47.6 Å². The number of benzene rings is 3. The number of unbranched alkanes of at least 4 members (excludes halogenated alkanes) is 1. The molecule has 4 aromatic rings. The molecule has 1 amide bonds. The van der Waals surface area contributed by atoms with Crippen LogP contribution in [0.1, 0.15) is 48.3 Å². The third-order valence-electron chi connectivity index (χ3n) is 6.85. The Morgan fingerprint density at radius 2 is 1.74 bits per heavy atom. The van der Waals surface area contributed by atoms with Crippen LogP contribution < -0.4 is 19.5 Å². The first-order valence-corrected chi connectivity index (χ1v) is 13.1. The SMILES string of the molecule is COc1ccc(CC(=O)NC(C)c2nc3ccccc3n2CCCCOc2cccc(C)c2C)cc1OC. The van der Waals surface area contributed by atoms with Crippen molar-refractivity contribution < 1.29 is 19.0 Å². The average molecular weight is 516 g/mol. The lowest BCUT2D eigenvalue weighted by molar-refractivity contribution is -0.121. The molecule has 0 radical (unpaired) electrons. The number of ether oxygens (including phenoxy) is 3. The summed E-state index contributed by atoms with van der Waals surface area (Å²) in [6.45, 7) is 7.62. The molecule has 3 aromatic carbocycles. The number of aromatic nitrogens is 2. The lowest BCUT2D eigenvalue weighted by Crippen LogP contribution is -2.30. The molecule has 1 heterocycles. The number of amides is 1. The first kappa shape index (κ1) is 27.0. The minimum absolute atomic E-state index is 0.0785. The van der Waals surface area contributed by atoms with Crippen molar-refractivity contribution in [1.29, 1.82) is 0 Å². The summed E-state index contributed by atoms with van der Waals surface area (Å²) in [5, 5.41) is 3.13. The summed E-state index contributed by atoms with van der Waals surface area (Å²) in [5.41, 5.74) is 5.27. The van der Waals surface area contributed by atoms with Crippen LogP contribution in [0, 0.1) is 13.8 Å². The first-order chi connectivity index (χ1) is 18.4. The first-order valence-electron chi connectivity index (χ1n) is 13.1. The van der Waals surface area contributed by atoms with Crippen LogP contribution in [0.3, 0.4) is 0 Å². The second kappa shape index (κ2) is 12.5. The third kappa shape index (κ3) is 6.28. The van der Waals surface area contributed by atoms with Crippen LogP contribution in [0.2, 0.25) is 0 Å². The van der Waals surface area contributed by atoms with Crippen LogP contribution in [-0.2, 0) is 17.8 Å². The molecule has 0 bridgehead atoms. The van der Waals surface area contributed by atoms with E-state index in [4.69, 9.17) is 19.2 Å². The Kier molecular flexibility index (Phi) is 8.89. The molecule has 1 atom stereocenters. The lowest BCUT2D eigenvalue weighted by atomic mass is 10.1. The number of methoxy groups -OCH3 is 2. The van der Waals surface area contributed by atoms with Gasteiger partial charge in [-0.15, -0.1) is 0 Å². The number of nitrogens with one attached hydrogen (secondary N) is 1. The lowest BCUT2D eigenvalue weighted by Gasteiger charge is -2.17. The zero-order chi connectivity index (χ0) is 27.1. The molecule has 7 nitrogen and oxygen atoms in total. The van der Waals surface area contributed by atoms with Gasteiger partial charge in [0, 0.05) is 6.54 Å². The molecule has 0 aliphatic rings. The van der Waals surface area contributed by atoms with Gasteiger partial charge in [-0.05, 0) is 80.6 Å². The molecular formula is C31H37N3O4. The van der Waals surface area contributed by atoms with E-state index >= 15 is 0 Å². The minimum Gasteiger partial charge on any atom is -0.493 e. The van der Waals surface area contributed by atoms with Gasteiger partial charge >= 0.3 is 0 Å². The molecule has 1 N–H and O–H groups in total. The quantitative estimate of drug-likeness (QED) is 0.236. The summed E-state index contributed by atoms with van der Waals surface area (Å²) in [7, 11) is 3.18. The normalized spacial score (nSPS) is 11.8. The highest BCUT2D eigenvalue weighted by Crippen LogP contribution is 2.28. The van der Waals surface area contributed by atoms with Gasteiger partial charge in [-0.1, -0.05) is 30.3 Å². The van der Waals surface area contributed by atoms with Gasteiger partial charge < -0.3 is 24.1 Å². The van der Waals surface area contributed by atoms with Gasteiger partial charge in [-0.2, -0.15) is 0 Å². The van der Waals surface area contributed by atoms with E-state index in [-0.39, 0.29) is 18.4 Å². The molecule has 0 saturated carbocycles. The largest absolute Gasteiger partial charge is 0.493 e. The molecular weight excluding hydrogens is 478 g/mol. The maximum atomic E-state index is 12.9. The molecule has 0 saturated heterocycles. The maximum Gasteiger partial charge on any atom is 0.224 e. The van der Waals surface area contributed by atoms with Gasteiger partial charge in [-0.3, -0.25) is 4.79 Å². The maximum absolute atomic E-state index is 12.9. The average Bonchev–Trinajstić information content (AvgIpc) is 3.29. The van der Waals surface area contributed by atoms with E-state index in [2.05, 4.69) is 35.9 Å². The van der Waals surface area contributed by atoms with Crippen LogP contribution in [0.25, 0.3) is 11.0 Å². The van der Waals surface area contributed by atoms with Gasteiger partial charge in [-0.25, -0.2) is 4.98 Å². The molecule has 0 spiro atoms. The van der Waals surface area contributed by atoms with Crippen molar-refractivity contribution in [2.45, 2.75) is 52.6 Å². The summed E-state index contributed by atoms with van der Waals surface area (Å²) in [6.07, 6.45) is 2.09. The van der Waals surface area contributed by atoms with Crippen molar-refractivity contribution in [3.63, 3.8) is 0 Å². The zero-order valence-electron chi connectivity index (χ0n) is 22.9. The number of hydrogen-bond donors (Lipinski definition) is 1. The Balaban J connectivity index is 1.40. The number of nitrogens with zero attached hydrogens (tertiary/aromatic N) is 2. The van der Waals surface area contributed by atoms with Crippen LogP contribution in [-0.4, -0.2) is 36.3 Å². The molecule has 7 heteroatoms. The third-order valence-corrected chi connectivity index (χ3v) is 6.85. The topological polar surface area (TPSA) is 74.6 Å². The number of para-hydroxylation sites is 2. The van der Waals surface area contributed by atoms with Crippen molar-refractivity contribution in [3.05, 3.63) is 83.2 Å². The molecule has 0 aliphatic carbocycles. The molecule has 1 unspecified atom stereocenters. The standard InChI is InChI=1S/C31H37N3O4/c1-21-11-10-14-27(22(21)2)38-18-9-8-17-34-26-13-7-6-12-25(26)33-31(34)23(3)32-30(35)20-24-15-16-28(36-4)29(19-24)37-5/h6-7,10-16,19,23H,8-9,17-18,20H2,1-5H3,(H,32,35). The van der Waals surface area contributed by atoms with E-state index in [1.165, 1.54) is 11.1 Å². The van der Waals surface area contributed by atoms with Crippen LogP contribution in [0.5, 0.6) is 17.2 Å². The van der Waals surface area contributed by atoms with Gasteiger partial charge in [0.1, 0.15) is 11.6 Å². The number of aryl methyl sites for hydroxylation is 2. The molecule has 4 rings (SSSR count). The Bertz CT molecular complexity index is 1400. The van der Waals surface area contributed by atoms with Gasteiger partial charge in [0.2, 0.25) is 5.91 Å². The predicted molar refractivity (Wildman–Crippen MR) is 150 cm³/mol. The van der Waals surface area contributed by atoms with Crippen molar-refractivity contribution in [2.24, 2.45) is 0 Å². The molecule has 38 heavy (non-hydrogen) atoms. The second-order valence-corrected chi connectivity index (χ2v) is 9.52. The van der Waals surface area contributed by atoms with Crippen LogP contribution >= 0.6 is 0 Å².